The lowest BCUT2D eigenvalue weighted by Crippen LogP contribution is -2.24. The van der Waals surface area contributed by atoms with Crippen molar-refractivity contribution in [1.29, 1.82) is 0 Å². The SMILES string of the molecule is CC1CCC(C(=O)C2=CCCCO2)CC1. The number of hydrogen-bond donors (Lipinski definition) is 0. The van der Waals surface area contributed by atoms with Crippen LogP contribution in [0.25, 0.3) is 0 Å². The molecule has 0 aromatic rings. The van der Waals surface area contributed by atoms with Crippen LogP contribution in [0.4, 0.5) is 0 Å². The molecule has 84 valence electrons. The van der Waals surface area contributed by atoms with Crippen LogP contribution >= 0.6 is 0 Å². The molecule has 1 aliphatic carbocycles. The van der Waals surface area contributed by atoms with E-state index < -0.39 is 0 Å². The summed E-state index contributed by atoms with van der Waals surface area (Å²) in [6.45, 7) is 3.00. The summed E-state index contributed by atoms with van der Waals surface area (Å²) in [5, 5.41) is 0. The number of hydrogen-bond acceptors (Lipinski definition) is 2. The van der Waals surface area contributed by atoms with Gasteiger partial charge in [-0.1, -0.05) is 19.8 Å². The second-order valence-electron chi connectivity index (χ2n) is 4.88. The molecule has 0 aromatic heterocycles. The second kappa shape index (κ2) is 4.82. The molecule has 2 heteroatoms. The summed E-state index contributed by atoms with van der Waals surface area (Å²) in [6, 6.07) is 0. The van der Waals surface area contributed by atoms with Gasteiger partial charge in [0, 0.05) is 5.92 Å². The molecule has 0 saturated heterocycles. The van der Waals surface area contributed by atoms with Crippen molar-refractivity contribution in [3.05, 3.63) is 11.8 Å². The van der Waals surface area contributed by atoms with E-state index in [9.17, 15) is 4.79 Å². The zero-order valence-electron chi connectivity index (χ0n) is 9.50. The summed E-state index contributed by atoms with van der Waals surface area (Å²) in [6.07, 6.45) is 8.54. The molecule has 2 rings (SSSR count). The zero-order valence-corrected chi connectivity index (χ0v) is 9.50. The van der Waals surface area contributed by atoms with Crippen LogP contribution < -0.4 is 0 Å². The number of rotatable bonds is 2. The molecular weight excluding hydrogens is 188 g/mol. The molecule has 0 amide bonds. The van der Waals surface area contributed by atoms with Crippen molar-refractivity contribution in [2.75, 3.05) is 6.61 Å². The third kappa shape index (κ3) is 2.61. The van der Waals surface area contributed by atoms with Crippen molar-refractivity contribution >= 4 is 5.78 Å². The Kier molecular flexibility index (Phi) is 3.45. The molecule has 1 heterocycles. The average molecular weight is 208 g/mol. The Morgan fingerprint density at radius 2 is 2.07 bits per heavy atom. The monoisotopic (exact) mass is 208 g/mol. The Balaban J connectivity index is 1.92. The van der Waals surface area contributed by atoms with Crippen molar-refractivity contribution in [3.63, 3.8) is 0 Å². The summed E-state index contributed by atoms with van der Waals surface area (Å²) in [7, 11) is 0. The van der Waals surface area contributed by atoms with E-state index in [2.05, 4.69) is 6.92 Å². The first-order chi connectivity index (χ1) is 7.27. The lowest BCUT2D eigenvalue weighted by Gasteiger charge is -2.26. The molecule has 0 aromatic carbocycles. The van der Waals surface area contributed by atoms with Gasteiger partial charge in [-0.3, -0.25) is 4.79 Å². The van der Waals surface area contributed by atoms with Crippen molar-refractivity contribution in [2.45, 2.75) is 45.4 Å². The van der Waals surface area contributed by atoms with Crippen LogP contribution in [0.15, 0.2) is 11.8 Å². The van der Waals surface area contributed by atoms with Gasteiger partial charge in [0.15, 0.2) is 11.5 Å². The Morgan fingerprint density at radius 1 is 1.33 bits per heavy atom. The molecule has 0 N–H and O–H groups in total. The number of Topliss-reactive ketones (excluding diaryl/α,β-unsaturated/α-hetero) is 1. The first-order valence-corrected chi connectivity index (χ1v) is 6.14. The fraction of sp³-hybridized carbons (Fsp3) is 0.769. The van der Waals surface area contributed by atoms with Crippen molar-refractivity contribution in [1.82, 2.24) is 0 Å². The highest BCUT2D eigenvalue weighted by atomic mass is 16.5. The minimum Gasteiger partial charge on any atom is -0.490 e. The van der Waals surface area contributed by atoms with Gasteiger partial charge in [-0.25, -0.2) is 0 Å². The standard InChI is InChI=1S/C13H20O2/c1-10-5-7-11(8-6-10)13(14)12-4-2-3-9-15-12/h4,10-11H,2-3,5-9H2,1H3. The van der Waals surface area contributed by atoms with E-state index in [1.54, 1.807) is 0 Å². The van der Waals surface area contributed by atoms with E-state index in [4.69, 9.17) is 4.74 Å². The van der Waals surface area contributed by atoms with Gasteiger partial charge in [-0.2, -0.15) is 0 Å². The molecule has 1 fully saturated rings. The minimum atomic E-state index is 0.241. The van der Waals surface area contributed by atoms with Crippen LogP contribution in [-0.4, -0.2) is 12.4 Å². The molecule has 0 bridgehead atoms. The molecule has 2 nitrogen and oxygen atoms in total. The molecule has 2 aliphatic rings. The molecule has 0 atom stereocenters. The summed E-state index contributed by atoms with van der Waals surface area (Å²) in [5.74, 6) is 1.96. The largest absolute Gasteiger partial charge is 0.490 e. The van der Waals surface area contributed by atoms with E-state index in [0.717, 1.165) is 38.2 Å². The Morgan fingerprint density at radius 3 is 2.67 bits per heavy atom. The molecule has 15 heavy (non-hydrogen) atoms. The zero-order chi connectivity index (χ0) is 10.7. The van der Waals surface area contributed by atoms with Crippen LogP contribution in [0.2, 0.25) is 0 Å². The third-order valence-electron chi connectivity index (χ3n) is 3.57. The second-order valence-corrected chi connectivity index (χ2v) is 4.88. The lowest BCUT2D eigenvalue weighted by atomic mass is 9.80. The van der Waals surface area contributed by atoms with Crippen LogP contribution in [0, 0.1) is 11.8 Å². The van der Waals surface area contributed by atoms with E-state index in [1.807, 2.05) is 6.08 Å². The fourth-order valence-electron chi connectivity index (χ4n) is 2.45. The Hall–Kier alpha value is -0.790. The van der Waals surface area contributed by atoms with Gasteiger partial charge in [-0.05, 0) is 37.7 Å². The van der Waals surface area contributed by atoms with Gasteiger partial charge in [0.05, 0.1) is 6.61 Å². The average Bonchev–Trinajstić information content (AvgIpc) is 2.30. The molecule has 1 aliphatic heterocycles. The number of ether oxygens (including phenoxy) is 1. The first-order valence-electron chi connectivity index (χ1n) is 6.14. The highest BCUT2D eigenvalue weighted by Gasteiger charge is 2.27. The summed E-state index contributed by atoms with van der Waals surface area (Å²) in [5.41, 5.74) is 0. The number of carbonyl (C=O) groups is 1. The van der Waals surface area contributed by atoms with Crippen LogP contribution in [0.1, 0.15) is 45.4 Å². The maximum Gasteiger partial charge on any atom is 0.200 e. The highest BCUT2D eigenvalue weighted by Crippen LogP contribution is 2.31. The topological polar surface area (TPSA) is 26.3 Å². The smallest absolute Gasteiger partial charge is 0.200 e. The quantitative estimate of drug-likeness (QED) is 0.697. The Labute approximate surface area is 91.7 Å². The maximum absolute atomic E-state index is 12.1. The van der Waals surface area contributed by atoms with Crippen LogP contribution in [-0.2, 0) is 9.53 Å². The van der Waals surface area contributed by atoms with E-state index in [-0.39, 0.29) is 11.7 Å². The molecule has 1 saturated carbocycles. The van der Waals surface area contributed by atoms with Crippen LogP contribution in [0.3, 0.4) is 0 Å². The van der Waals surface area contributed by atoms with Gasteiger partial charge in [0.1, 0.15) is 0 Å². The van der Waals surface area contributed by atoms with Gasteiger partial charge in [-0.15, -0.1) is 0 Å². The summed E-state index contributed by atoms with van der Waals surface area (Å²) >= 11 is 0. The molecule has 0 unspecified atom stereocenters. The van der Waals surface area contributed by atoms with Crippen LogP contribution in [0.5, 0.6) is 0 Å². The third-order valence-corrected chi connectivity index (χ3v) is 3.57. The van der Waals surface area contributed by atoms with Gasteiger partial charge < -0.3 is 4.74 Å². The summed E-state index contributed by atoms with van der Waals surface area (Å²) < 4.78 is 5.43. The van der Waals surface area contributed by atoms with Crippen molar-refractivity contribution < 1.29 is 9.53 Å². The molecular formula is C13H20O2. The van der Waals surface area contributed by atoms with E-state index in [0.29, 0.717) is 5.76 Å². The predicted octanol–water partition coefficient (Wildman–Crippen LogP) is 3.08. The van der Waals surface area contributed by atoms with E-state index >= 15 is 0 Å². The van der Waals surface area contributed by atoms with E-state index in [1.165, 1.54) is 12.8 Å². The van der Waals surface area contributed by atoms with Gasteiger partial charge in [0.25, 0.3) is 0 Å². The highest BCUT2D eigenvalue weighted by molar-refractivity contribution is 5.95. The number of allylic oxidation sites excluding steroid dienone is 2. The first kappa shape index (κ1) is 10.7. The van der Waals surface area contributed by atoms with Gasteiger partial charge >= 0.3 is 0 Å². The van der Waals surface area contributed by atoms with Crippen molar-refractivity contribution in [2.24, 2.45) is 11.8 Å². The molecule has 0 radical (unpaired) electrons. The van der Waals surface area contributed by atoms with Crippen molar-refractivity contribution in [3.8, 4) is 0 Å². The Bertz CT molecular complexity index is 260. The minimum absolute atomic E-state index is 0.241. The normalized spacial score (nSPS) is 31.7. The fourth-order valence-corrected chi connectivity index (χ4v) is 2.45. The number of carbonyl (C=O) groups excluding carboxylic acids is 1. The predicted molar refractivity (Wildman–Crippen MR) is 59.4 cm³/mol. The number of ketones is 1. The maximum atomic E-state index is 12.1. The molecule has 0 spiro atoms. The lowest BCUT2D eigenvalue weighted by molar-refractivity contribution is -0.124. The summed E-state index contributed by atoms with van der Waals surface area (Å²) in [4.78, 5) is 12.1. The van der Waals surface area contributed by atoms with Gasteiger partial charge in [0.2, 0.25) is 0 Å².